The molecule has 27 heteroatoms. The van der Waals surface area contributed by atoms with E-state index in [0.717, 1.165) is 45.0 Å². The molecule has 1 aromatic carbocycles. The van der Waals surface area contributed by atoms with E-state index >= 15 is 8.78 Å². The topological polar surface area (TPSA) is 348 Å². The van der Waals surface area contributed by atoms with E-state index in [9.17, 15) is 44.7 Å². The Morgan fingerprint density at radius 2 is 1.39 bits per heavy atom. The number of esters is 1. The predicted octanol–water partition coefficient (Wildman–Crippen LogP) is 4.23. The lowest BCUT2D eigenvalue weighted by molar-refractivity contribution is -0.319. The third-order valence-electron chi connectivity index (χ3n) is 20.1. The Morgan fingerprint density at radius 3 is 1.88 bits per heavy atom. The maximum absolute atomic E-state index is 15.6. The van der Waals surface area contributed by atoms with Gasteiger partial charge in [0.15, 0.2) is 24.2 Å². The highest BCUT2D eigenvalue weighted by Crippen LogP contribution is 2.44. The number of nitrogens with two attached hydrogens (primary N) is 1. The fourth-order valence-electron chi connectivity index (χ4n) is 13.9. The van der Waals surface area contributed by atoms with Crippen LogP contribution in [-0.2, 0) is 42.7 Å². The van der Waals surface area contributed by atoms with Gasteiger partial charge in [0, 0.05) is 107 Å². The summed E-state index contributed by atoms with van der Waals surface area (Å²) < 4.78 is 76.1. The lowest BCUT2D eigenvalue weighted by Crippen LogP contribution is -2.61. The van der Waals surface area contributed by atoms with Gasteiger partial charge in [0.1, 0.15) is 40.9 Å². The summed E-state index contributed by atoms with van der Waals surface area (Å²) in [5.41, 5.74) is -0.709. The van der Waals surface area contributed by atoms with Crippen LogP contribution in [0.2, 0.25) is 0 Å². The summed E-state index contributed by atoms with van der Waals surface area (Å²) in [6, 6.07) is 0.0134. The standard InChI is InChI=1S/C38H69NO13.C19H22F2N4O3.C10H24N2O2/c1-15-26-38(10,45)31(42)21(4)28(40)19(2)17-37(9,47-14)33(52-35-29(41)25(39(11)12)16-20(3)48-35)22(5)30(23(6)34(44)50-26)51-27-18-36(8,46-13)32(43)24(7)49-27;1-8-5-24(6-9(2)23-8)17-13(20)15(22)12-16(14(17)21)25(10-3-4-10)7-11(18(12)26)19(27)28;1-3-9(7-13)11-5-6-12-10(4-2)8-14/h19-27,29-33,35,41-43,45H,15-18H2,1-14H3;7-10,23H,3-6,22H2,1-2H3,(H,27,28);9-14H,3-8H2,1-2H3/t19-,20-,21+,22+,23-,24+,25+,26-,27+,29-,30+,31-,32+,33-,35+,36-,37-,38-;8-,9+;9-,10-/m1.0/s1. The molecule has 0 amide bonds. The van der Waals surface area contributed by atoms with Gasteiger partial charge in [0.2, 0.25) is 5.43 Å². The smallest absolute Gasteiger partial charge is 0.341 e. The maximum atomic E-state index is 15.6. The van der Waals surface area contributed by atoms with E-state index in [2.05, 4.69) is 16.0 Å². The number of carboxylic acid groups (broad SMARTS) is 1. The average Bonchev–Trinajstić information content (AvgIpc) is 1.24. The number of nitrogens with zero attached hydrogens (tertiary/aromatic N) is 3. The Kier molecular flexibility index (Phi) is 29.6. The van der Waals surface area contributed by atoms with Crippen molar-refractivity contribution in [1.82, 2.24) is 25.4 Å². The lowest BCUT2D eigenvalue weighted by Gasteiger charge is -2.50. The van der Waals surface area contributed by atoms with Crippen molar-refractivity contribution >= 4 is 40.0 Å². The number of rotatable bonds is 20. The number of aliphatic hydroxyl groups is 6. The number of ketones is 1. The Balaban J connectivity index is 0.000000313. The van der Waals surface area contributed by atoms with Crippen molar-refractivity contribution in [3.8, 4) is 0 Å². The van der Waals surface area contributed by atoms with Gasteiger partial charge in [-0.05, 0) is 114 Å². The molecule has 1 aromatic heterocycles. The molecule has 5 fully saturated rings. The van der Waals surface area contributed by atoms with Crippen LogP contribution in [0.4, 0.5) is 20.2 Å². The van der Waals surface area contributed by atoms with Gasteiger partial charge in [-0.1, -0.05) is 41.5 Å². The number of likely N-dealkylation sites (N-methyl/N-ethyl adjacent to an activating group) is 1. The molecule has 2 aromatic rings. The van der Waals surface area contributed by atoms with Crippen LogP contribution in [0.5, 0.6) is 0 Å². The fourth-order valence-corrected chi connectivity index (χ4v) is 13.9. The van der Waals surface area contributed by atoms with Gasteiger partial charge in [0.25, 0.3) is 0 Å². The maximum Gasteiger partial charge on any atom is 0.341 e. The number of Topliss-reactive ketones (excluding diaryl/α,β-unsaturated/α-hetero) is 1. The van der Waals surface area contributed by atoms with E-state index in [-0.39, 0.29) is 91.8 Å². The molecule has 540 valence electrons. The first-order chi connectivity index (χ1) is 44.0. The number of aliphatic hydroxyl groups excluding tert-OH is 5. The second kappa shape index (κ2) is 34.6. The number of methoxy groups -OCH3 is 2. The number of carboxylic acids is 1. The highest BCUT2D eigenvalue weighted by molar-refractivity contribution is 6.00. The van der Waals surface area contributed by atoms with Gasteiger partial charge in [0.05, 0.1) is 77.4 Å². The highest BCUT2D eigenvalue weighted by Gasteiger charge is 2.54. The molecule has 1 aliphatic carbocycles. The van der Waals surface area contributed by atoms with Gasteiger partial charge in [-0.25, -0.2) is 13.6 Å². The summed E-state index contributed by atoms with van der Waals surface area (Å²) >= 11 is 0. The number of carbonyl (C=O) groups is 3. The Hall–Kier alpha value is -4.14. The molecule has 0 unspecified atom stereocenters. The third-order valence-corrected chi connectivity index (χ3v) is 20.1. The predicted molar refractivity (Wildman–Crippen MR) is 351 cm³/mol. The van der Waals surface area contributed by atoms with Crippen LogP contribution >= 0.6 is 0 Å². The van der Waals surface area contributed by atoms with Gasteiger partial charge in [-0.2, -0.15) is 0 Å². The normalized spacial score (nSPS) is 36.2. The first-order valence-electron chi connectivity index (χ1n) is 33.6. The quantitative estimate of drug-likeness (QED) is 0.0502. The van der Waals surface area contributed by atoms with Crippen LogP contribution in [-0.4, -0.2) is 239 Å². The van der Waals surface area contributed by atoms with Crippen molar-refractivity contribution in [2.75, 3.05) is 78.3 Å². The first kappa shape index (κ1) is 80.5. The summed E-state index contributed by atoms with van der Waals surface area (Å²) in [6.45, 7) is 27.8. The molecule has 12 N–H and O–H groups in total. The largest absolute Gasteiger partial charge is 0.477 e. The number of nitrogen functional groups attached to an aromatic ring is 1. The number of aromatic nitrogens is 1. The molecule has 0 bridgehead atoms. The molecule has 1 saturated carbocycles. The summed E-state index contributed by atoms with van der Waals surface area (Å²) in [7, 11) is 6.77. The zero-order valence-electron chi connectivity index (χ0n) is 58.8. The number of benzene rings is 1. The number of nitrogens with one attached hydrogen (secondary N) is 3. The van der Waals surface area contributed by atoms with Crippen LogP contribution < -0.4 is 32.0 Å². The molecule has 7 rings (SSSR count). The summed E-state index contributed by atoms with van der Waals surface area (Å²) in [4.78, 5) is 55.8. The number of piperazine rings is 1. The number of halogens is 2. The van der Waals surface area contributed by atoms with Gasteiger partial charge in [-0.3, -0.25) is 14.4 Å². The van der Waals surface area contributed by atoms with E-state index in [1.165, 1.54) is 25.7 Å². The van der Waals surface area contributed by atoms with Crippen LogP contribution in [0, 0.1) is 35.3 Å². The van der Waals surface area contributed by atoms with Crippen LogP contribution in [0.1, 0.15) is 165 Å². The summed E-state index contributed by atoms with van der Waals surface area (Å²) in [5.74, 6) is -7.81. The monoisotopic (exact) mass is 1340 g/mol. The number of pyridine rings is 1. The van der Waals surface area contributed by atoms with E-state index in [4.69, 9.17) is 49.1 Å². The van der Waals surface area contributed by atoms with E-state index in [1.807, 2.05) is 60.5 Å². The minimum Gasteiger partial charge on any atom is -0.477 e. The van der Waals surface area contributed by atoms with Crippen molar-refractivity contribution in [3.63, 3.8) is 0 Å². The molecule has 94 heavy (non-hydrogen) atoms. The van der Waals surface area contributed by atoms with Gasteiger partial charge >= 0.3 is 11.9 Å². The first-order valence-corrected chi connectivity index (χ1v) is 33.6. The van der Waals surface area contributed by atoms with E-state index in [1.54, 1.807) is 53.4 Å². The minimum atomic E-state index is -1.96. The van der Waals surface area contributed by atoms with E-state index < -0.39 is 141 Å². The minimum absolute atomic E-state index is 0.0134. The summed E-state index contributed by atoms with van der Waals surface area (Å²) in [5, 5.41) is 82.1. The van der Waals surface area contributed by atoms with Crippen LogP contribution in [0.3, 0.4) is 0 Å². The number of hydrogen-bond acceptors (Lipinski definition) is 23. The molecule has 5 aliphatic rings. The molecule has 5 heterocycles. The zero-order chi connectivity index (χ0) is 70.8. The number of fused-ring (bicyclic) bond motifs is 1. The number of carbonyl (C=O) groups excluding carboxylic acids is 2. The van der Waals surface area contributed by atoms with Crippen LogP contribution in [0.25, 0.3) is 10.9 Å². The summed E-state index contributed by atoms with van der Waals surface area (Å²) in [6.07, 6.45) is -4.25. The number of anilines is 2. The molecule has 4 aliphatic heterocycles. The number of ether oxygens (including phenoxy) is 7. The SMILES string of the molecule is CC[C@@H](CO)NCCN[C@@H](CC)CO.CC[C@H]1OC(=O)[C@H](C)[C@@H](O[C@H]2C[C@@](C)(OC)[C@@H](O)[C@H](C)O2)[C@H](C)[C@@H](O[C@@H]2O[C@H](C)C[C@H](N(C)C)[C@H]2O)[C@](C)(OC)C[C@@H](C)C(=O)[C@H](C)[C@@H](O)[C@]1(C)O.C[C@@H]1CN(c2c(F)c(N)c3c(=O)c(C(=O)O)cn(C4CC4)c3c2F)C[C@H](C)N1. The molecular formula is C67H115F2N7O18. The molecule has 25 nitrogen and oxygen atoms in total. The van der Waals surface area contributed by atoms with Crippen molar-refractivity contribution in [2.45, 2.75) is 263 Å². The Labute approximate surface area is 554 Å². The van der Waals surface area contributed by atoms with Crippen molar-refractivity contribution in [3.05, 3.63) is 33.6 Å². The second-order valence-electron chi connectivity index (χ2n) is 27.9. The number of aromatic carboxylic acids is 1. The van der Waals surface area contributed by atoms with Crippen molar-refractivity contribution in [1.29, 1.82) is 0 Å². The molecular weight excluding hydrogens is 1230 g/mol. The lowest BCUT2D eigenvalue weighted by atomic mass is 9.74. The molecule has 22 atom stereocenters. The van der Waals surface area contributed by atoms with Gasteiger partial charge < -0.3 is 105 Å². The number of cyclic esters (lactones) is 1. The van der Waals surface area contributed by atoms with Crippen LogP contribution in [0.15, 0.2) is 11.0 Å². The number of hydrogen-bond donors (Lipinski definition) is 11. The third kappa shape index (κ3) is 18.8. The van der Waals surface area contributed by atoms with Crippen molar-refractivity contribution < 1.29 is 92.1 Å². The van der Waals surface area contributed by atoms with E-state index in [0.29, 0.717) is 19.5 Å². The van der Waals surface area contributed by atoms with Gasteiger partial charge in [-0.15, -0.1) is 0 Å². The molecule has 4 saturated heterocycles. The highest BCUT2D eigenvalue weighted by atomic mass is 19.1. The second-order valence-corrected chi connectivity index (χ2v) is 27.9. The average molecular weight is 1340 g/mol. The zero-order valence-corrected chi connectivity index (χ0v) is 58.8. The fraction of sp³-hybridized carbons (Fsp3) is 0.821. The molecule has 0 spiro atoms. The molecule has 0 radical (unpaired) electrons. The Morgan fingerprint density at radius 1 is 0.830 bits per heavy atom. The van der Waals surface area contributed by atoms with Crippen molar-refractivity contribution in [2.24, 2.45) is 23.7 Å². The Bertz CT molecular complexity index is 2820.